The summed E-state index contributed by atoms with van der Waals surface area (Å²) >= 11 is 0. The van der Waals surface area contributed by atoms with Crippen molar-refractivity contribution in [2.45, 2.75) is 6.10 Å². The smallest absolute Gasteiger partial charge is 0.254 e. The summed E-state index contributed by atoms with van der Waals surface area (Å²) < 4.78 is 16.1. The maximum Gasteiger partial charge on any atom is 0.254 e. The fraction of sp³-hybridized carbons (Fsp3) is 0.533. The summed E-state index contributed by atoms with van der Waals surface area (Å²) in [5, 5.41) is 0. The Morgan fingerprint density at radius 1 is 1.35 bits per heavy atom. The number of hydrogen-bond donors (Lipinski definition) is 0. The molecule has 0 saturated carbocycles. The van der Waals surface area contributed by atoms with E-state index in [1.165, 1.54) is 0 Å². The molecule has 1 aromatic carbocycles. The van der Waals surface area contributed by atoms with Crippen molar-refractivity contribution in [3.05, 3.63) is 35.9 Å². The molecular formula is C15H21NO4. The molecule has 0 radical (unpaired) electrons. The highest BCUT2D eigenvalue weighted by atomic mass is 16.5. The van der Waals surface area contributed by atoms with Gasteiger partial charge in [0.25, 0.3) is 5.91 Å². The lowest BCUT2D eigenvalue weighted by molar-refractivity contribution is -0.0237. The number of carbonyl (C=O) groups is 1. The Labute approximate surface area is 119 Å². The van der Waals surface area contributed by atoms with E-state index in [1.807, 2.05) is 30.3 Å². The van der Waals surface area contributed by atoms with Crippen LogP contribution in [0.15, 0.2) is 30.3 Å². The van der Waals surface area contributed by atoms with Gasteiger partial charge in [-0.1, -0.05) is 18.2 Å². The number of amides is 1. The van der Waals surface area contributed by atoms with Crippen LogP contribution in [0.4, 0.5) is 0 Å². The third-order valence-electron chi connectivity index (χ3n) is 3.18. The minimum atomic E-state index is -0.0969. The second-order valence-corrected chi connectivity index (χ2v) is 4.68. The second-order valence-electron chi connectivity index (χ2n) is 4.68. The predicted octanol–water partition coefficient (Wildman–Crippen LogP) is 1.19. The molecule has 0 aliphatic carbocycles. The van der Waals surface area contributed by atoms with Gasteiger partial charge in [-0.2, -0.15) is 0 Å². The van der Waals surface area contributed by atoms with E-state index < -0.39 is 0 Å². The molecule has 0 bridgehead atoms. The first-order valence-electron chi connectivity index (χ1n) is 6.84. The zero-order valence-corrected chi connectivity index (χ0v) is 11.8. The van der Waals surface area contributed by atoms with Crippen molar-refractivity contribution >= 4 is 5.91 Å². The van der Waals surface area contributed by atoms with Gasteiger partial charge < -0.3 is 19.1 Å². The van der Waals surface area contributed by atoms with Gasteiger partial charge in [0.1, 0.15) is 0 Å². The number of ether oxygens (including phenoxy) is 3. The molecule has 5 heteroatoms. The fourth-order valence-corrected chi connectivity index (χ4v) is 2.13. The van der Waals surface area contributed by atoms with Gasteiger partial charge in [0.15, 0.2) is 0 Å². The number of benzene rings is 1. The van der Waals surface area contributed by atoms with Crippen LogP contribution in [0.5, 0.6) is 0 Å². The summed E-state index contributed by atoms with van der Waals surface area (Å²) in [7, 11) is 1.64. The SMILES string of the molecule is COCCOC1COCCN(C(=O)c2ccccc2)C1. The maximum absolute atomic E-state index is 12.4. The van der Waals surface area contributed by atoms with E-state index in [0.717, 1.165) is 0 Å². The molecule has 1 aliphatic rings. The molecule has 5 nitrogen and oxygen atoms in total. The van der Waals surface area contributed by atoms with Crippen molar-refractivity contribution in [2.24, 2.45) is 0 Å². The number of carbonyl (C=O) groups excluding carboxylic acids is 1. The number of rotatable bonds is 5. The first-order valence-corrected chi connectivity index (χ1v) is 6.84. The largest absolute Gasteiger partial charge is 0.382 e. The van der Waals surface area contributed by atoms with Crippen molar-refractivity contribution in [3.8, 4) is 0 Å². The number of methoxy groups -OCH3 is 1. The van der Waals surface area contributed by atoms with Crippen LogP contribution in [0.1, 0.15) is 10.4 Å². The van der Waals surface area contributed by atoms with Gasteiger partial charge in [-0.25, -0.2) is 0 Å². The molecule has 1 atom stereocenters. The molecule has 0 spiro atoms. The summed E-state index contributed by atoms with van der Waals surface area (Å²) in [6, 6.07) is 9.30. The average molecular weight is 279 g/mol. The quantitative estimate of drug-likeness (QED) is 0.760. The number of nitrogens with zero attached hydrogens (tertiary/aromatic N) is 1. The van der Waals surface area contributed by atoms with Gasteiger partial charge >= 0.3 is 0 Å². The normalized spacial score (nSPS) is 19.6. The van der Waals surface area contributed by atoms with E-state index in [-0.39, 0.29) is 12.0 Å². The molecule has 1 heterocycles. The molecule has 1 saturated heterocycles. The van der Waals surface area contributed by atoms with Gasteiger partial charge in [0, 0.05) is 25.8 Å². The van der Waals surface area contributed by atoms with Crippen molar-refractivity contribution in [1.82, 2.24) is 4.90 Å². The van der Waals surface area contributed by atoms with Gasteiger partial charge in [0.05, 0.1) is 32.5 Å². The van der Waals surface area contributed by atoms with Gasteiger partial charge in [-0.3, -0.25) is 4.79 Å². The summed E-state index contributed by atoms with van der Waals surface area (Å²) in [6.45, 7) is 3.27. The third kappa shape index (κ3) is 4.30. The van der Waals surface area contributed by atoms with E-state index in [4.69, 9.17) is 14.2 Å². The van der Waals surface area contributed by atoms with Crippen molar-refractivity contribution in [1.29, 1.82) is 0 Å². The Morgan fingerprint density at radius 3 is 2.90 bits per heavy atom. The zero-order chi connectivity index (χ0) is 14.2. The fourth-order valence-electron chi connectivity index (χ4n) is 2.13. The molecule has 1 aromatic rings. The zero-order valence-electron chi connectivity index (χ0n) is 11.8. The van der Waals surface area contributed by atoms with Gasteiger partial charge in [-0.05, 0) is 12.1 Å². The van der Waals surface area contributed by atoms with E-state index in [2.05, 4.69) is 0 Å². The van der Waals surface area contributed by atoms with E-state index in [0.29, 0.717) is 45.1 Å². The van der Waals surface area contributed by atoms with Crippen LogP contribution in [0.2, 0.25) is 0 Å². The highest BCUT2D eigenvalue weighted by molar-refractivity contribution is 5.94. The predicted molar refractivity (Wildman–Crippen MR) is 74.8 cm³/mol. The molecular weight excluding hydrogens is 258 g/mol. The van der Waals surface area contributed by atoms with E-state index in [9.17, 15) is 4.79 Å². The Kier molecular flexibility index (Phi) is 5.98. The van der Waals surface area contributed by atoms with E-state index >= 15 is 0 Å². The van der Waals surface area contributed by atoms with Gasteiger partial charge in [0.2, 0.25) is 0 Å². The summed E-state index contributed by atoms with van der Waals surface area (Å²) in [5.41, 5.74) is 0.699. The minimum absolute atomic E-state index is 0.0245. The molecule has 110 valence electrons. The van der Waals surface area contributed by atoms with Crippen LogP contribution in [0.3, 0.4) is 0 Å². The first kappa shape index (κ1) is 15.0. The summed E-state index contributed by atoms with van der Waals surface area (Å²) in [4.78, 5) is 14.2. The summed E-state index contributed by atoms with van der Waals surface area (Å²) in [5.74, 6) is 0.0245. The highest BCUT2D eigenvalue weighted by Gasteiger charge is 2.23. The average Bonchev–Trinajstić information content (AvgIpc) is 2.73. The van der Waals surface area contributed by atoms with Crippen molar-refractivity contribution < 1.29 is 19.0 Å². The molecule has 0 aromatic heterocycles. The van der Waals surface area contributed by atoms with Crippen molar-refractivity contribution in [2.75, 3.05) is 46.6 Å². The lowest BCUT2D eigenvalue weighted by Crippen LogP contribution is -2.39. The first-order chi connectivity index (χ1) is 9.81. The molecule has 20 heavy (non-hydrogen) atoms. The topological polar surface area (TPSA) is 48.0 Å². The Bertz CT molecular complexity index is 410. The van der Waals surface area contributed by atoms with Crippen LogP contribution < -0.4 is 0 Å². The lowest BCUT2D eigenvalue weighted by atomic mass is 10.2. The lowest BCUT2D eigenvalue weighted by Gasteiger charge is -2.23. The Balaban J connectivity index is 1.94. The molecule has 2 rings (SSSR count). The second kappa shape index (κ2) is 7.99. The summed E-state index contributed by atoms with van der Waals surface area (Å²) in [6.07, 6.45) is -0.0969. The molecule has 1 unspecified atom stereocenters. The van der Waals surface area contributed by atoms with Gasteiger partial charge in [-0.15, -0.1) is 0 Å². The van der Waals surface area contributed by atoms with Crippen LogP contribution in [0, 0.1) is 0 Å². The molecule has 1 fully saturated rings. The van der Waals surface area contributed by atoms with E-state index in [1.54, 1.807) is 12.0 Å². The Morgan fingerprint density at radius 2 is 2.15 bits per heavy atom. The highest BCUT2D eigenvalue weighted by Crippen LogP contribution is 2.09. The van der Waals surface area contributed by atoms with Crippen LogP contribution in [-0.2, 0) is 14.2 Å². The van der Waals surface area contributed by atoms with Crippen LogP contribution in [-0.4, -0.2) is 63.5 Å². The minimum Gasteiger partial charge on any atom is -0.382 e. The molecule has 1 aliphatic heterocycles. The van der Waals surface area contributed by atoms with Crippen molar-refractivity contribution in [3.63, 3.8) is 0 Å². The Hall–Kier alpha value is -1.43. The number of hydrogen-bond acceptors (Lipinski definition) is 4. The molecule has 1 amide bonds. The maximum atomic E-state index is 12.4. The monoisotopic (exact) mass is 279 g/mol. The third-order valence-corrected chi connectivity index (χ3v) is 3.18. The molecule has 0 N–H and O–H groups in total. The standard InChI is InChI=1S/C15H21NO4/c1-18-9-10-20-14-11-16(7-8-19-12-14)15(17)13-5-3-2-4-6-13/h2-6,14H,7-12H2,1H3. The van der Waals surface area contributed by atoms with Crippen LogP contribution >= 0.6 is 0 Å². The van der Waals surface area contributed by atoms with Crippen LogP contribution in [0.25, 0.3) is 0 Å².